The monoisotopic (exact) mass is 180 g/mol. The van der Waals surface area contributed by atoms with Gasteiger partial charge in [-0.05, 0) is 0 Å². The van der Waals surface area contributed by atoms with Gasteiger partial charge in [0.2, 0.25) is 0 Å². The summed E-state index contributed by atoms with van der Waals surface area (Å²) in [6, 6.07) is 0. The van der Waals surface area contributed by atoms with Crippen LogP contribution in [0.3, 0.4) is 0 Å². The molecule has 0 atom stereocenters. The predicted octanol–water partition coefficient (Wildman–Crippen LogP) is -3.82. The van der Waals surface area contributed by atoms with E-state index in [9.17, 15) is 0 Å². The molecule has 0 aliphatic rings. The molecule has 0 rings (SSSR count). The van der Waals surface area contributed by atoms with Crippen LogP contribution >= 0.6 is 0 Å². The Balaban J connectivity index is 0. The van der Waals surface area contributed by atoms with Gasteiger partial charge in [-0.2, -0.15) is 0 Å². The first-order valence-corrected chi connectivity index (χ1v) is 3.89. The van der Waals surface area contributed by atoms with Crippen molar-refractivity contribution < 1.29 is 16.0 Å². The topological polar surface area (TPSA) is 83.4 Å². The first-order chi connectivity index (χ1) is 2.00. The van der Waals surface area contributed by atoms with E-state index >= 15 is 0 Å². The molecule has 6 heteroatoms. The van der Waals surface area contributed by atoms with Crippen LogP contribution in [0.5, 0.6) is 0 Å². The summed E-state index contributed by atoms with van der Waals surface area (Å²) in [5.74, 6) is 0. The average Bonchev–Trinajstić information content (AvgIpc) is 0.722. The van der Waals surface area contributed by atoms with Gasteiger partial charge < -0.3 is 0 Å². The molecule has 0 aromatic rings. The molecule has 0 fully saturated rings. The third-order valence-corrected chi connectivity index (χ3v) is 0. The third-order valence-electron chi connectivity index (χ3n) is 0. The van der Waals surface area contributed by atoms with Gasteiger partial charge in [-0.3, -0.25) is 0 Å². The second-order valence-corrected chi connectivity index (χ2v) is 2.43. The maximum atomic E-state index is 8.72. The van der Waals surface area contributed by atoms with Gasteiger partial charge in [-0.15, -0.1) is 0 Å². The fraction of sp³-hybridized carbons (Fsp3) is 0. The van der Waals surface area contributed by atoms with Crippen LogP contribution < -0.4 is 8.19 Å². The summed E-state index contributed by atoms with van der Waals surface area (Å²) in [4.78, 5) is 0. The molecule has 0 bridgehead atoms. The SMILES string of the molecule is O=[As]([O-])([O-])O.[Ca+2]. The van der Waals surface area contributed by atoms with Crippen molar-refractivity contribution >= 4 is 52.3 Å². The predicted molar refractivity (Wildman–Crippen MR) is 14.4 cm³/mol. The third kappa shape index (κ3) is 49.6. The first-order valence-electron chi connectivity index (χ1n) is 0.748. The zero-order valence-electron chi connectivity index (χ0n) is 2.83. The van der Waals surface area contributed by atoms with E-state index in [0.29, 0.717) is 0 Å². The largest absolute Gasteiger partial charge is 2.00 e. The molecule has 0 saturated heterocycles. The summed E-state index contributed by atoms with van der Waals surface area (Å²) >= 11 is -5.62. The molecular formula is HAsCaO4. The Labute approximate surface area is 67.5 Å². The molecule has 4 nitrogen and oxygen atoms in total. The van der Waals surface area contributed by atoms with Crippen LogP contribution in [0.1, 0.15) is 0 Å². The molecule has 0 saturated carbocycles. The number of hydrogen-bond acceptors (Lipinski definition) is 3. The minimum atomic E-state index is -5.62. The average molecular weight is 180 g/mol. The molecule has 0 aromatic heterocycles. The van der Waals surface area contributed by atoms with Crippen molar-refractivity contribution in [3.05, 3.63) is 0 Å². The van der Waals surface area contributed by atoms with E-state index in [1.807, 2.05) is 0 Å². The van der Waals surface area contributed by atoms with Crippen LogP contribution in [0.2, 0.25) is 0 Å². The molecule has 0 heterocycles. The van der Waals surface area contributed by atoms with Gasteiger partial charge in [0.15, 0.2) is 0 Å². The second kappa shape index (κ2) is 3.49. The quantitative estimate of drug-likeness (QED) is 0.387. The summed E-state index contributed by atoms with van der Waals surface area (Å²) in [6.07, 6.45) is 0. The normalized spacial score (nSPS) is 9.83. The molecule has 0 aliphatic heterocycles. The van der Waals surface area contributed by atoms with Crippen molar-refractivity contribution in [2.75, 3.05) is 0 Å². The maximum absolute atomic E-state index is 8.72. The van der Waals surface area contributed by atoms with Crippen LogP contribution in [-0.4, -0.2) is 56.3 Å². The molecule has 1 N–H and O–H groups in total. The Kier molecular flexibility index (Phi) is 6.10. The molecule has 0 radical (unpaired) electrons. The summed E-state index contributed by atoms with van der Waals surface area (Å²) in [7, 11) is 0. The van der Waals surface area contributed by atoms with Gasteiger partial charge in [0.1, 0.15) is 0 Å². The van der Waals surface area contributed by atoms with Crippen molar-refractivity contribution in [1.82, 2.24) is 0 Å². The van der Waals surface area contributed by atoms with Crippen molar-refractivity contribution in [1.29, 1.82) is 0 Å². The Hall–Kier alpha value is 1.50. The zero-order valence-corrected chi connectivity index (χ0v) is 6.91. The molecule has 0 spiro atoms. The molecule has 0 aromatic carbocycles. The van der Waals surface area contributed by atoms with Crippen LogP contribution in [0.15, 0.2) is 0 Å². The first kappa shape index (κ1) is 10.5. The van der Waals surface area contributed by atoms with Gasteiger partial charge in [0, 0.05) is 0 Å². The van der Waals surface area contributed by atoms with Crippen LogP contribution in [0.4, 0.5) is 0 Å². The standard InChI is InChI=1S/AsH3O4.Ca/c2-1(3,4)5;/h(H3,2,3,4,5);/q;+2/p-2. The molecule has 0 unspecified atom stereocenters. The van der Waals surface area contributed by atoms with E-state index in [-0.39, 0.29) is 37.7 Å². The van der Waals surface area contributed by atoms with E-state index in [1.165, 1.54) is 0 Å². The number of hydrogen-bond donors (Lipinski definition) is 1. The minimum absolute atomic E-state index is 0. The van der Waals surface area contributed by atoms with Crippen molar-refractivity contribution in [3.63, 3.8) is 0 Å². The Morgan fingerprint density at radius 2 is 1.50 bits per heavy atom. The van der Waals surface area contributed by atoms with Crippen molar-refractivity contribution in [2.45, 2.75) is 0 Å². The molecule has 32 valence electrons. The Bertz CT molecular complexity index is 53.7. The molecule has 6 heavy (non-hydrogen) atoms. The van der Waals surface area contributed by atoms with Gasteiger partial charge in [-0.1, -0.05) is 0 Å². The fourth-order valence-corrected chi connectivity index (χ4v) is 0. The summed E-state index contributed by atoms with van der Waals surface area (Å²) < 4.78 is 33.2. The second-order valence-electron chi connectivity index (χ2n) is 0.469. The maximum Gasteiger partial charge on any atom is 2.00 e. The molecule has 0 aliphatic carbocycles. The Morgan fingerprint density at radius 1 is 1.50 bits per heavy atom. The van der Waals surface area contributed by atoms with Crippen molar-refractivity contribution in [2.24, 2.45) is 0 Å². The van der Waals surface area contributed by atoms with E-state index in [4.69, 9.17) is 16.0 Å². The summed E-state index contributed by atoms with van der Waals surface area (Å²) in [5, 5.41) is 0. The smallest absolute Gasteiger partial charge is 2.00 e. The van der Waals surface area contributed by atoms with Gasteiger partial charge in [-0.25, -0.2) is 0 Å². The zero-order chi connectivity index (χ0) is 4.50. The van der Waals surface area contributed by atoms with Crippen LogP contribution in [0.25, 0.3) is 0 Å². The summed E-state index contributed by atoms with van der Waals surface area (Å²) in [6.45, 7) is 0. The molecular weight excluding hydrogens is 179 g/mol. The van der Waals surface area contributed by atoms with E-state index < -0.39 is 14.5 Å². The summed E-state index contributed by atoms with van der Waals surface area (Å²) in [5.41, 5.74) is 0. The number of rotatable bonds is 0. The van der Waals surface area contributed by atoms with Crippen LogP contribution in [-0.2, 0) is 3.74 Å². The van der Waals surface area contributed by atoms with E-state index in [1.54, 1.807) is 0 Å². The van der Waals surface area contributed by atoms with Gasteiger partial charge in [0.25, 0.3) is 0 Å². The van der Waals surface area contributed by atoms with Gasteiger partial charge in [0.05, 0.1) is 0 Å². The molecule has 0 amide bonds. The minimum Gasteiger partial charge on any atom is 2.00 e. The van der Waals surface area contributed by atoms with Gasteiger partial charge >= 0.3 is 68.3 Å². The Morgan fingerprint density at radius 3 is 1.50 bits per heavy atom. The van der Waals surface area contributed by atoms with E-state index in [0.717, 1.165) is 0 Å². The fourth-order valence-electron chi connectivity index (χ4n) is 0. The van der Waals surface area contributed by atoms with Crippen LogP contribution in [0, 0.1) is 0 Å². The van der Waals surface area contributed by atoms with E-state index in [2.05, 4.69) is 0 Å². The van der Waals surface area contributed by atoms with Crippen molar-refractivity contribution in [3.8, 4) is 0 Å².